The summed E-state index contributed by atoms with van der Waals surface area (Å²) in [6, 6.07) is -1.36. The first kappa shape index (κ1) is 16.0. The summed E-state index contributed by atoms with van der Waals surface area (Å²) in [4.78, 5) is 22.9. The number of nitrogens with zero attached hydrogens (tertiary/aromatic N) is 2. The van der Waals surface area contributed by atoms with E-state index >= 15 is 0 Å². The molecule has 0 saturated carbocycles. The van der Waals surface area contributed by atoms with E-state index in [2.05, 4.69) is 15.7 Å². The third kappa shape index (κ3) is 3.97. The van der Waals surface area contributed by atoms with Crippen LogP contribution >= 0.6 is 0 Å². The molecule has 0 unspecified atom stereocenters. The van der Waals surface area contributed by atoms with Crippen molar-refractivity contribution >= 4 is 12.0 Å². The normalized spacial score (nSPS) is 13.6. The fourth-order valence-electron chi connectivity index (χ4n) is 1.77. The SMILES string of the molecule is CC[C@H](C)[C@H](NC(=O)NCc1cnn(C)c1C)C(=O)O. The van der Waals surface area contributed by atoms with Gasteiger partial charge in [-0.05, 0) is 12.8 Å². The number of carbonyl (C=O) groups excluding carboxylic acids is 1. The standard InChI is InChI=1S/C13H22N4O3/c1-5-8(2)11(12(18)19)16-13(20)14-6-10-7-15-17(4)9(10)3/h7-8,11H,5-6H2,1-4H3,(H,18,19)(H2,14,16,20)/t8-,11-/m0/s1. The van der Waals surface area contributed by atoms with Gasteiger partial charge in [0.2, 0.25) is 0 Å². The van der Waals surface area contributed by atoms with Crippen LogP contribution in [0.4, 0.5) is 4.79 Å². The van der Waals surface area contributed by atoms with Crippen molar-refractivity contribution in [3.05, 3.63) is 17.5 Å². The molecule has 0 aliphatic heterocycles. The first-order valence-corrected chi connectivity index (χ1v) is 6.61. The molecule has 0 fully saturated rings. The second-order valence-corrected chi connectivity index (χ2v) is 4.91. The van der Waals surface area contributed by atoms with Crippen molar-refractivity contribution in [1.29, 1.82) is 0 Å². The number of hydrogen-bond donors (Lipinski definition) is 3. The van der Waals surface area contributed by atoms with Crippen molar-refractivity contribution in [3.8, 4) is 0 Å². The molecule has 2 atom stereocenters. The largest absolute Gasteiger partial charge is 0.480 e. The number of rotatable bonds is 6. The molecule has 0 aliphatic rings. The third-order valence-corrected chi connectivity index (χ3v) is 3.54. The van der Waals surface area contributed by atoms with Gasteiger partial charge in [0.15, 0.2) is 0 Å². The Morgan fingerprint density at radius 2 is 2.15 bits per heavy atom. The zero-order chi connectivity index (χ0) is 15.3. The highest BCUT2D eigenvalue weighted by molar-refractivity contribution is 5.82. The van der Waals surface area contributed by atoms with Crippen molar-refractivity contribution in [3.63, 3.8) is 0 Å². The van der Waals surface area contributed by atoms with E-state index < -0.39 is 18.0 Å². The fourth-order valence-corrected chi connectivity index (χ4v) is 1.77. The Morgan fingerprint density at radius 3 is 2.60 bits per heavy atom. The molecule has 0 bridgehead atoms. The van der Waals surface area contributed by atoms with Gasteiger partial charge in [-0.3, -0.25) is 4.68 Å². The second kappa shape index (κ2) is 6.93. The number of nitrogens with one attached hydrogen (secondary N) is 2. The molecule has 7 heteroatoms. The lowest BCUT2D eigenvalue weighted by molar-refractivity contribution is -0.140. The topological polar surface area (TPSA) is 96.3 Å². The van der Waals surface area contributed by atoms with Gasteiger partial charge < -0.3 is 15.7 Å². The molecule has 0 aliphatic carbocycles. The molecule has 20 heavy (non-hydrogen) atoms. The van der Waals surface area contributed by atoms with Crippen LogP contribution in [0, 0.1) is 12.8 Å². The zero-order valence-corrected chi connectivity index (χ0v) is 12.3. The summed E-state index contributed by atoms with van der Waals surface area (Å²) in [5.41, 5.74) is 1.86. The summed E-state index contributed by atoms with van der Waals surface area (Å²) in [5, 5.41) is 18.3. The molecule has 0 saturated heterocycles. The molecular weight excluding hydrogens is 260 g/mol. The number of aromatic nitrogens is 2. The number of urea groups is 1. The van der Waals surface area contributed by atoms with Gasteiger partial charge >= 0.3 is 12.0 Å². The van der Waals surface area contributed by atoms with E-state index in [0.29, 0.717) is 13.0 Å². The Kier molecular flexibility index (Phi) is 5.54. The molecule has 0 aromatic carbocycles. The smallest absolute Gasteiger partial charge is 0.326 e. The van der Waals surface area contributed by atoms with E-state index in [1.54, 1.807) is 17.8 Å². The highest BCUT2D eigenvalue weighted by atomic mass is 16.4. The van der Waals surface area contributed by atoms with Crippen LogP contribution in [0.25, 0.3) is 0 Å². The van der Waals surface area contributed by atoms with Crippen LogP contribution in [0.3, 0.4) is 0 Å². The molecular formula is C13H22N4O3. The van der Waals surface area contributed by atoms with Crippen molar-refractivity contribution in [2.45, 2.75) is 39.8 Å². The number of carbonyl (C=O) groups is 2. The summed E-state index contributed by atoms with van der Waals surface area (Å²) in [6.45, 7) is 5.91. The van der Waals surface area contributed by atoms with Gasteiger partial charge in [-0.1, -0.05) is 20.3 Å². The lowest BCUT2D eigenvalue weighted by Gasteiger charge is -2.20. The van der Waals surface area contributed by atoms with E-state index in [4.69, 9.17) is 5.11 Å². The molecule has 0 spiro atoms. The maximum Gasteiger partial charge on any atom is 0.326 e. The van der Waals surface area contributed by atoms with Crippen LogP contribution in [0.1, 0.15) is 31.5 Å². The van der Waals surface area contributed by atoms with Gasteiger partial charge in [-0.25, -0.2) is 9.59 Å². The number of aryl methyl sites for hydroxylation is 1. The second-order valence-electron chi connectivity index (χ2n) is 4.91. The monoisotopic (exact) mass is 282 g/mol. The molecule has 1 rings (SSSR count). The maximum atomic E-state index is 11.8. The highest BCUT2D eigenvalue weighted by Gasteiger charge is 2.25. The average molecular weight is 282 g/mol. The van der Waals surface area contributed by atoms with Crippen molar-refractivity contribution < 1.29 is 14.7 Å². The predicted octanol–water partition coefficient (Wildman–Crippen LogP) is 1.03. The molecule has 1 aromatic rings. The van der Waals surface area contributed by atoms with Crippen LogP contribution in [-0.2, 0) is 18.4 Å². The molecule has 3 N–H and O–H groups in total. The first-order valence-electron chi connectivity index (χ1n) is 6.61. The average Bonchev–Trinajstić information content (AvgIpc) is 2.72. The van der Waals surface area contributed by atoms with Gasteiger partial charge in [0.05, 0.1) is 6.20 Å². The number of carboxylic acid groups (broad SMARTS) is 1. The van der Waals surface area contributed by atoms with Crippen LogP contribution in [-0.4, -0.2) is 32.9 Å². The van der Waals surface area contributed by atoms with Crippen molar-refractivity contribution in [2.75, 3.05) is 0 Å². The lowest BCUT2D eigenvalue weighted by atomic mass is 9.99. The Balaban J connectivity index is 2.54. The van der Waals surface area contributed by atoms with E-state index in [1.165, 1.54) is 0 Å². The van der Waals surface area contributed by atoms with E-state index in [-0.39, 0.29) is 5.92 Å². The van der Waals surface area contributed by atoms with Gasteiger partial charge in [-0.2, -0.15) is 5.10 Å². The van der Waals surface area contributed by atoms with Gasteiger partial charge in [0.1, 0.15) is 6.04 Å². The Morgan fingerprint density at radius 1 is 1.50 bits per heavy atom. The summed E-state index contributed by atoms with van der Waals surface area (Å²) in [6.07, 6.45) is 2.36. The Hall–Kier alpha value is -2.05. The number of hydrogen-bond acceptors (Lipinski definition) is 3. The minimum Gasteiger partial charge on any atom is -0.480 e. The molecule has 1 aromatic heterocycles. The number of aliphatic carboxylic acids is 1. The van der Waals surface area contributed by atoms with Gasteiger partial charge in [0, 0.05) is 24.8 Å². The van der Waals surface area contributed by atoms with E-state index in [9.17, 15) is 9.59 Å². The quantitative estimate of drug-likeness (QED) is 0.726. The fraction of sp³-hybridized carbons (Fsp3) is 0.615. The van der Waals surface area contributed by atoms with Crippen molar-refractivity contribution in [2.24, 2.45) is 13.0 Å². The van der Waals surface area contributed by atoms with Gasteiger partial charge in [0.25, 0.3) is 0 Å². The number of carboxylic acids is 1. The van der Waals surface area contributed by atoms with Crippen LogP contribution in [0.2, 0.25) is 0 Å². The van der Waals surface area contributed by atoms with Crippen LogP contribution < -0.4 is 10.6 Å². The van der Waals surface area contributed by atoms with Gasteiger partial charge in [-0.15, -0.1) is 0 Å². The molecule has 0 radical (unpaired) electrons. The summed E-state index contributed by atoms with van der Waals surface area (Å²) < 4.78 is 1.72. The minimum absolute atomic E-state index is 0.127. The maximum absolute atomic E-state index is 11.8. The molecule has 2 amide bonds. The van der Waals surface area contributed by atoms with E-state index in [0.717, 1.165) is 11.3 Å². The summed E-state index contributed by atoms with van der Waals surface area (Å²) >= 11 is 0. The number of amides is 2. The highest BCUT2D eigenvalue weighted by Crippen LogP contribution is 2.08. The first-order chi connectivity index (χ1) is 9.36. The third-order valence-electron chi connectivity index (χ3n) is 3.54. The molecule has 7 nitrogen and oxygen atoms in total. The Labute approximate surface area is 118 Å². The van der Waals surface area contributed by atoms with Crippen molar-refractivity contribution in [1.82, 2.24) is 20.4 Å². The summed E-state index contributed by atoms with van der Waals surface area (Å²) in [7, 11) is 1.82. The van der Waals surface area contributed by atoms with E-state index in [1.807, 2.05) is 20.9 Å². The van der Waals surface area contributed by atoms with Crippen LogP contribution in [0.15, 0.2) is 6.20 Å². The Bertz CT molecular complexity index is 484. The minimum atomic E-state index is -1.02. The van der Waals surface area contributed by atoms with Crippen LogP contribution in [0.5, 0.6) is 0 Å². The lowest BCUT2D eigenvalue weighted by Crippen LogP contribution is -2.48. The summed E-state index contributed by atoms with van der Waals surface area (Å²) in [5.74, 6) is -1.15. The molecule has 1 heterocycles. The molecule has 112 valence electrons. The zero-order valence-electron chi connectivity index (χ0n) is 12.3. The predicted molar refractivity (Wildman–Crippen MR) is 74.2 cm³/mol.